The third kappa shape index (κ3) is 5.28. The number of quaternary nitrogens is 1. The van der Waals surface area contributed by atoms with Crippen LogP contribution in [0.4, 0.5) is 5.69 Å². The predicted octanol–water partition coefficient (Wildman–Crippen LogP) is 1.67. The highest BCUT2D eigenvalue weighted by Gasteiger charge is 2.33. The maximum absolute atomic E-state index is 12.9. The number of hydrogen-bond donors (Lipinski definition) is 2. The second-order valence-corrected chi connectivity index (χ2v) is 10.3. The summed E-state index contributed by atoms with van der Waals surface area (Å²) >= 11 is 0. The number of nitrogens with zero attached hydrogens (tertiary/aromatic N) is 1. The van der Waals surface area contributed by atoms with Crippen LogP contribution in [0, 0.1) is 20.8 Å². The summed E-state index contributed by atoms with van der Waals surface area (Å²) in [5.41, 5.74) is 4.96. The topological polar surface area (TPSA) is 70.9 Å². The third-order valence-electron chi connectivity index (χ3n) is 5.88. The number of hydrogen-bond acceptors (Lipinski definition) is 3. The van der Waals surface area contributed by atoms with E-state index in [0.717, 1.165) is 27.3 Å². The summed E-state index contributed by atoms with van der Waals surface area (Å²) in [5, 5.41) is 3.09. The number of anilines is 1. The number of amides is 1. The maximum atomic E-state index is 12.9. The molecule has 6 nitrogen and oxygen atoms in total. The van der Waals surface area contributed by atoms with Gasteiger partial charge in [0.05, 0.1) is 31.9 Å². The minimum atomic E-state index is -3.35. The Morgan fingerprint density at radius 1 is 1.07 bits per heavy atom. The zero-order chi connectivity index (χ0) is 21.9. The van der Waals surface area contributed by atoms with Crippen molar-refractivity contribution in [3.8, 4) is 0 Å². The fourth-order valence-electron chi connectivity index (χ4n) is 4.15. The highest BCUT2D eigenvalue weighted by molar-refractivity contribution is 7.88. The number of nitrogens with one attached hydrogen (secondary N) is 2. The molecule has 7 heteroatoms. The fourth-order valence-corrected chi connectivity index (χ4v) is 5.69. The van der Waals surface area contributed by atoms with Crippen molar-refractivity contribution in [1.29, 1.82) is 0 Å². The van der Waals surface area contributed by atoms with Crippen LogP contribution in [0.1, 0.15) is 29.2 Å². The average Bonchev–Trinajstić information content (AvgIpc) is 2.70. The van der Waals surface area contributed by atoms with Gasteiger partial charge < -0.3 is 10.2 Å². The number of benzene rings is 2. The van der Waals surface area contributed by atoms with Crippen LogP contribution in [-0.2, 0) is 20.6 Å². The fraction of sp³-hybridized carbons (Fsp3) is 0.435. The number of sulfonamides is 1. The van der Waals surface area contributed by atoms with Crippen molar-refractivity contribution < 1.29 is 18.1 Å². The van der Waals surface area contributed by atoms with Gasteiger partial charge in [-0.05, 0) is 44.4 Å². The molecule has 2 N–H and O–H groups in total. The van der Waals surface area contributed by atoms with E-state index in [2.05, 4.69) is 17.4 Å². The Labute approximate surface area is 179 Å². The van der Waals surface area contributed by atoms with E-state index < -0.39 is 10.0 Å². The van der Waals surface area contributed by atoms with Gasteiger partial charge in [0.25, 0.3) is 5.91 Å². The van der Waals surface area contributed by atoms with Crippen molar-refractivity contribution in [2.45, 2.75) is 39.5 Å². The Bertz CT molecular complexity index is 975. The molecule has 1 atom stereocenters. The molecule has 1 aliphatic heterocycles. The lowest BCUT2D eigenvalue weighted by atomic mass is 10.0. The maximum Gasteiger partial charge on any atom is 0.282 e. The molecular formula is C23H32N3O3S+. The summed E-state index contributed by atoms with van der Waals surface area (Å²) in [5.74, 6) is -0.00814. The lowest BCUT2D eigenvalue weighted by Crippen LogP contribution is -3.19. The second kappa shape index (κ2) is 9.29. The first-order valence-corrected chi connectivity index (χ1v) is 12.0. The Balaban J connectivity index is 1.58. The van der Waals surface area contributed by atoms with Crippen LogP contribution in [0.5, 0.6) is 0 Å². The molecule has 0 spiro atoms. The van der Waals surface area contributed by atoms with Gasteiger partial charge in [0.1, 0.15) is 0 Å². The molecule has 1 heterocycles. The van der Waals surface area contributed by atoms with Crippen LogP contribution in [0.15, 0.2) is 42.5 Å². The lowest BCUT2D eigenvalue weighted by molar-refractivity contribution is -0.917. The van der Waals surface area contributed by atoms with Gasteiger partial charge in [-0.15, -0.1) is 0 Å². The molecule has 0 unspecified atom stereocenters. The van der Waals surface area contributed by atoms with Gasteiger partial charge in [-0.3, -0.25) is 4.79 Å². The first-order chi connectivity index (χ1) is 14.2. The first kappa shape index (κ1) is 22.5. The quantitative estimate of drug-likeness (QED) is 0.732. The van der Waals surface area contributed by atoms with Crippen LogP contribution < -0.4 is 10.2 Å². The molecule has 0 aromatic heterocycles. The summed E-state index contributed by atoms with van der Waals surface area (Å²) in [4.78, 5) is 14.0. The van der Waals surface area contributed by atoms with E-state index >= 15 is 0 Å². The van der Waals surface area contributed by atoms with Crippen LogP contribution in [0.25, 0.3) is 0 Å². The monoisotopic (exact) mass is 430 g/mol. The molecular weight excluding hydrogens is 398 g/mol. The molecule has 0 saturated carbocycles. The first-order valence-electron chi connectivity index (χ1n) is 10.4. The predicted molar refractivity (Wildman–Crippen MR) is 120 cm³/mol. The Hall–Kier alpha value is -2.22. The Morgan fingerprint density at radius 3 is 2.20 bits per heavy atom. The van der Waals surface area contributed by atoms with E-state index in [4.69, 9.17) is 0 Å². The summed E-state index contributed by atoms with van der Waals surface area (Å²) in [6, 6.07) is 13.1. The normalized spacial score (nSPS) is 16.9. The molecule has 1 aliphatic rings. The molecule has 2 aromatic rings. The van der Waals surface area contributed by atoms with Crippen molar-refractivity contribution in [3.05, 3.63) is 64.7 Å². The minimum Gasteiger partial charge on any atom is -0.323 e. The average molecular weight is 431 g/mol. The van der Waals surface area contributed by atoms with Gasteiger partial charge >= 0.3 is 0 Å². The molecule has 30 heavy (non-hydrogen) atoms. The second-order valence-electron chi connectivity index (χ2n) is 8.28. The molecule has 3 rings (SSSR count). The van der Waals surface area contributed by atoms with Crippen molar-refractivity contribution >= 4 is 21.6 Å². The number of aryl methyl sites for hydroxylation is 3. The Morgan fingerprint density at radius 2 is 1.63 bits per heavy atom. The van der Waals surface area contributed by atoms with Crippen molar-refractivity contribution in [2.75, 3.05) is 31.5 Å². The zero-order valence-electron chi connectivity index (χ0n) is 18.2. The number of piperazine rings is 1. The number of rotatable bonds is 6. The molecule has 162 valence electrons. The highest BCUT2D eigenvalue weighted by Crippen LogP contribution is 2.22. The number of carbonyl (C=O) groups excluding carboxylic acids is 1. The minimum absolute atomic E-state index is 0.0190. The van der Waals surface area contributed by atoms with Gasteiger partial charge in [-0.1, -0.05) is 48.0 Å². The molecule has 0 radical (unpaired) electrons. The smallest absolute Gasteiger partial charge is 0.282 e. The van der Waals surface area contributed by atoms with E-state index in [1.165, 1.54) is 5.56 Å². The third-order valence-corrected chi connectivity index (χ3v) is 7.73. The molecule has 1 saturated heterocycles. The number of carbonyl (C=O) groups is 1. The molecule has 0 aliphatic carbocycles. The van der Waals surface area contributed by atoms with Crippen molar-refractivity contribution in [1.82, 2.24) is 4.31 Å². The van der Waals surface area contributed by atoms with Crippen LogP contribution in [-0.4, -0.2) is 50.9 Å². The van der Waals surface area contributed by atoms with Crippen molar-refractivity contribution in [3.63, 3.8) is 0 Å². The molecule has 2 aromatic carbocycles. The van der Waals surface area contributed by atoms with Crippen LogP contribution >= 0.6 is 0 Å². The van der Waals surface area contributed by atoms with E-state index in [1.807, 2.05) is 58.0 Å². The highest BCUT2D eigenvalue weighted by atomic mass is 32.2. The lowest BCUT2D eigenvalue weighted by Gasteiger charge is -2.34. The molecule has 1 amide bonds. The summed E-state index contributed by atoms with van der Waals surface area (Å²) in [6.07, 6.45) is 0. The van der Waals surface area contributed by atoms with E-state index in [1.54, 1.807) is 4.31 Å². The molecule has 1 fully saturated rings. The van der Waals surface area contributed by atoms with E-state index in [9.17, 15) is 13.2 Å². The Kier molecular flexibility index (Phi) is 6.95. The largest absolute Gasteiger partial charge is 0.323 e. The van der Waals surface area contributed by atoms with E-state index in [0.29, 0.717) is 26.2 Å². The SMILES string of the molecule is Cc1cc(C)c(NC(=O)[C@H](C)[NH+]2CCN(S(=O)(=O)Cc3ccccc3)CC2)c(C)c1. The van der Waals surface area contributed by atoms with Gasteiger partial charge in [0.2, 0.25) is 10.0 Å². The molecule has 0 bridgehead atoms. The summed E-state index contributed by atoms with van der Waals surface area (Å²) < 4.78 is 27.1. The standard InChI is InChI=1S/C23H31N3O3S/c1-17-14-18(2)22(19(3)15-17)24-23(27)20(4)25-10-12-26(13-11-25)30(28,29)16-21-8-6-5-7-9-21/h5-9,14-15,20H,10-13,16H2,1-4H3,(H,24,27)/p+1/t20-/m0/s1. The van der Waals surface area contributed by atoms with Crippen molar-refractivity contribution in [2.24, 2.45) is 0 Å². The zero-order valence-corrected chi connectivity index (χ0v) is 19.1. The van der Waals surface area contributed by atoms with E-state index in [-0.39, 0.29) is 17.7 Å². The van der Waals surface area contributed by atoms with Crippen LogP contribution in [0.3, 0.4) is 0 Å². The van der Waals surface area contributed by atoms with Gasteiger partial charge in [0.15, 0.2) is 6.04 Å². The van der Waals surface area contributed by atoms with Crippen LogP contribution in [0.2, 0.25) is 0 Å². The van der Waals surface area contributed by atoms with Gasteiger partial charge in [-0.2, -0.15) is 4.31 Å². The summed E-state index contributed by atoms with van der Waals surface area (Å²) in [7, 11) is -3.35. The van der Waals surface area contributed by atoms with Gasteiger partial charge in [-0.25, -0.2) is 8.42 Å². The van der Waals surface area contributed by atoms with Gasteiger partial charge in [0, 0.05) is 5.69 Å². The summed E-state index contributed by atoms with van der Waals surface area (Å²) in [6.45, 7) is 10.1.